The summed E-state index contributed by atoms with van der Waals surface area (Å²) in [6.07, 6.45) is 3.52. The highest BCUT2D eigenvalue weighted by atomic mass is 35.5. The molecule has 8 heavy (non-hydrogen) atoms. The van der Waals surface area contributed by atoms with Crippen molar-refractivity contribution in [3.63, 3.8) is 0 Å². The van der Waals surface area contributed by atoms with Crippen LogP contribution < -0.4 is 0 Å². The van der Waals surface area contributed by atoms with Crippen LogP contribution in [0, 0.1) is 0 Å². The molecular formula is C5H14ClOP. The maximum Gasteiger partial charge on any atom is 0.0682 e. The lowest BCUT2D eigenvalue weighted by Gasteiger charge is -1.90. The smallest absolute Gasteiger partial charge is 0.0682 e. The van der Waals surface area contributed by atoms with Crippen LogP contribution >= 0.6 is 21.8 Å². The molecule has 0 saturated carbocycles. The molecule has 0 heterocycles. The lowest BCUT2D eigenvalue weighted by Crippen LogP contribution is -1.81. The Morgan fingerprint density at radius 1 is 1.38 bits per heavy atom. The third-order valence-electron chi connectivity index (χ3n) is 0.825. The maximum atomic E-state index is 4.94. The third-order valence-corrected chi connectivity index (χ3v) is 0.979. The molecule has 0 N–H and O–H groups in total. The van der Waals surface area contributed by atoms with Gasteiger partial charge < -0.3 is 0 Å². The van der Waals surface area contributed by atoms with E-state index in [4.69, 9.17) is 11.9 Å². The fourth-order valence-corrected chi connectivity index (χ4v) is 0.516. The van der Waals surface area contributed by atoms with Gasteiger partial charge in [-0.2, -0.15) is 9.90 Å². The van der Waals surface area contributed by atoms with Gasteiger partial charge >= 0.3 is 0 Å². The number of hydrogen-bond donors (Lipinski definition) is 0. The second-order valence-corrected chi connectivity index (χ2v) is 1.74. The Labute approximate surface area is 59.5 Å². The van der Waals surface area contributed by atoms with E-state index in [1.165, 1.54) is 12.8 Å². The first-order valence-corrected chi connectivity index (χ1v) is 2.96. The van der Waals surface area contributed by atoms with Crippen molar-refractivity contribution in [2.24, 2.45) is 0 Å². The van der Waals surface area contributed by atoms with Gasteiger partial charge in [0.05, 0.1) is 18.5 Å². The summed E-state index contributed by atoms with van der Waals surface area (Å²) >= 11 is 4.94. The Kier molecular flexibility index (Phi) is 15.2. The molecule has 0 amide bonds. The molecule has 0 fully saturated rings. The zero-order chi connectivity index (χ0) is 5.54. The highest BCUT2D eigenvalue weighted by molar-refractivity contribution is 6.92. The first-order valence-electron chi connectivity index (χ1n) is 2.65. The predicted octanol–water partition coefficient (Wildman–Crippen LogP) is 2.41. The van der Waals surface area contributed by atoms with Gasteiger partial charge in [-0.1, -0.05) is 19.8 Å². The summed E-state index contributed by atoms with van der Waals surface area (Å²) in [6.45, 7) is 2.84. The lowest BCUT2D eigenvalue weighted by molar-refractivity contribution is 0.337. The van der Waals surface area contributed by atoms with Crippen molar-refractivity contribution in [3.05, 3.63) is 0 Å². The Morgan fingerprint density at radius 2 is 2.00 bits per heavy atom. The molecule has 0 aliphatic carbocycles. The van der Waals surface area contributed by atoms with Crippen molar-refractivity contribution >= 4 is 21.8 Å². The summed E-state index contributed by atoms with van der Waals surface area (Å²) in [5.41, 5.74) is 0. The Morgan fingerprint density at radius 3 is 2.38 bits per heavy atom. The summed E-state index contributed by atoms with van der Waals surface area (Å²) in [5.74, 6) is 0. The van der Waals surface area contributed by atoms with Crippen molar-refractivity contribution in [3.8, 4) is 0 Å². The van der Waals surface area contributed by atoms with Crippen molar-refractivity contribution in [1.29, 1.82) is 0 Å². The molecule has 0 aromatic heterocycles. The minimum atomic E-state index is 0. The molecule has 0 rings (SSSR count). The van der Waals surface area contributed by atoms with Gasteiger partial charge in [-0.25, -0.2) is 0 Å². The zero-order valence-electron chi connectivity index (χ0n) is 5.32. The molecule has 0 aromatic carbocycles. The number of unbranched alkanes of at least 4 members (excludes halogenated alkanes) is 2. The van der Waals surface area contributed by atoms with E-state index in [-0.39, 0.29) is 9.90 Å². The molecule has 0 bridgehead atoms. The highest BCUT2D eigenvalue weighted by Gasteiger charge is 1.81. The largest absolute Gasteiger partial charge is 0.279 e. The topological polar surface area (TPSA) is 9.23 Å². The van der Waals surface area contributed by atoms with E-state index >= 15 is 0 Å². The predicted molar refractivity (Wildman–Crippen MR) is 42.4 cm³/mol. The number of hydrogen-bond acceptors (Lipinski definition) is 1. The summed E-state index contributed by atoms with van der Waals surface area (Å²) in [5, 5.41) is 0. The van der Waals surface area contributed by atoms with E-state index in [1.807, 2.05) is 0 Å². The minimum absolute atomic E-state index is 0. The van der Waals surface area contributed by atoms with Crippen LogP contribution in [0.3, 0.4) is 0 Å². The first-order chi connectivity index (χ1) is 3.41. The van der Waals surface area contributed by atoms with Gasteiger partial charge in [0.25, 0.3) is 0 Å². The third kappa shape index (κ3) is 9.84. The van der Waals surface area contributed by atoms with Crippen LogP contribution in [0.1, 0.15) is 26.2 Å². The molecule has 3 heteroatoms. The van der Waals surface area contributed by atoms with Crippen molar-refractivity contribution in [2.45, 2.75) is 26.2 Å². The second-order valence-electron chi connectivity index (χ2n) is 1.52. The second kappa shape index (κ2) is 10.6. The van der Waals surface area contributed by atoms with E-state index < -0.39 is 0 Å². The monoisotopic (exact) mass is 156 g/mol. The van der Waals surface area contributed by atoms with Gasteiger partial charge in [-0.05, 0) is 6.42 Å². The highest BCUT2D eigenvalue weighted by Crippen LogP contribution is 1.94. The molecule has 0 aliphatic heterocycles. The van der Waals surface area contributed by atoms with Crippen LogP contribution in [0.2, 0.25) is 0 Å². The molecule has 52 valence electrons. The fourth-order valence-electron chi connectivity index (χ4n) is 0.407. The van der Waals surface area contributed by atoms with E-state index in [0.717, 1.165) is 6.42 Å². The SMILES string of the molecule is CCCCCOCl.P. The average molecular weight is 157 g/mol. The maximum absolute atomic E-state index is 4.94. The quantitative estimate of drug-likeness (QED) is 0.449. The summed E-state index contributed by atoms with van der Waals surface area (Å²) in [6, 6.07) is 0. The Hall–Kier alpha value is 0.680. The zero-order valence-corrected chi connectivity index (χ0v) is 7.49. The molecule has 1 atom stereocenters. The molecular weight excluding hydrogens is 142 g/mol. The first kappa shape index (κ1) is 11.5. The summed E-state index contributed by atoms with van der Waals surface area (Å²) in [7, 11) is 0. The molecule has 0 radical (unpaired) electrons. The normalized spacial score (nSPS) is 8.25. The molecule has 0 aliphatic rings. The fraction of sp³-hybridized carbons (Fsp3) is 1.00. The van der Waals surface area contributed by atoms with E-state index in [9.17, 15) is 0 Å². The molecule has 0 spiro atoms. The number of rotatable bonds is 4. The van der Waals surface area contributed by atoms with Crippen molar-refractivity contribution in [1.82, 2.24) is 0 Å². The van der Waals surface area contributed by atoms with Crippen LogP contribution in [0.4, 0.5) is 0 Å². The number of halogens is 1. The standard InChI is InChI=1S/C5H11ClO.H3P/c1-2-3-4-5-7-6;/h2-5H2,1H3;1H3. The minimum Gasteiger partial charge on any atom is -0.279 e. The van der Waals surface area contributed by atoms with Gasteiger partial charge in [0, 0.05) is 0 Å². The van der Waals surface area contributed by atoms with Gasteiger partial charge in [-0.3, -0.25) is 4.29 Å². The van der Waals surface area contributed by atoms with Crippen molar-refractivity contribution in [2.75, 3.05) is 6.61 Å². The van der Waals surface area contributed by atoms with E-state index in [0.29, 0.717) is 6.61 Å². The van der Waals surface area contributed by atoms with Crippen LogP contribution in [0.5, 0.6) is 0 Å². The van der Waals surface area contributed by atoms with Crippen LogP contribution in [0.25, 0.3) is 0 Å². The van der Waals surface area contributed by atoms with Gasteiger partial charge in [0.1, 0.15) is 0 Å². The average Bonchev–Trinajstić information content (AvgIpc) is 1.69. The van der Waals surface area contributed by atoms with Crippen LogP contribution in [-0.2, 0) is 4.29 Å². The molecule has 1 unspecified atom stereocenters. The van der Waals surface area contributed by atoms with E-state index in [1.54, 1.807) is 0 Å². The summed E-state index contributed by atoms with van der Waals surface area (Å²) < 4.78 is 4.32. The van der Waals surface area contributed by atoms with E-state index in [2.05, 4.69) is 11.2 Å². The Bertz CT molecular complexity index is 31.6. The van der Waals surface area contributed by atoms with Crippen LogP contribution in [-0.4, -0.2) is 6.61 Å². The Balaban J connectivity index is 0. The molecule has 0 aromatic rings. The van der Waals surface area contributed by atoms with Gasteiger partial charge in [-0.15, -0.1) is 0 Å². The van der Waals surface area contributed by atoms with Crippen LogP contribution in [0.15, 0.2) is 0 Å². The van der Waals surface area contributed by atoms with Gasteiger partial charge in [0.2, 0.25) is 0 Å². The van der Waals surface area contributed by atoms with Crippen molar-refractivity contribution < 1.29 is 4.29 Å². The summed E-state index contributed by atoms with van der Waals surface area (Å²) in [4.78, 5) is 0. The van der Waals surface area contributed by atoms with Gasteiger partial charge in [0.15, 0.2) is 0 Å². The molecule has 0 saturated heterocycles. The lowest BCUT2D eigenvalue weighted by atomic mass is 10.3. The molecule has 1 nitrogen and oxygen atoms in total.